The van der Waals surface area contributed by atoms with Gasteiger partial charge in [-0.25, -0.2) is 0 Å². The van der Waals surface area contributed by atoms with Crippen molar-refractivity contribution in [1.82, 2.24) is 0 Å². The van der Waals surface area contributed by atoms with Crippen LogP contribution in [-0.4, -0.2) is 0 Å². The Hall–Kier alpha value is 0. The van der Waals surface area contributed by atoms with E-state index in [1.165, 1.54) is 398 Å². The number of hydrogen-bond donors (Lipinski definition) is 0. The van der Waals surface area contributed by atoms with Gasteiger partial charge in [-0.1, -0.05) is 498 Å². The fraction of sp³-hybridized carbons (Fsp3) is 1.00. The monoisotopic (exact) mass is 1220 g/mol. The van der Waals surface area contributed by atoms with Crippen LogP contribution in [0.1, 0.15) is 498 Å². The Morgan fingerprint density at radius 2 is 0.356 bits per heavy atom. The summed E-state index contributed by atoms with van der Waals surface area (Å²) in [5.41, 5.74) is 0. The Kier molecular flexibility index (Phi) is 60.5. The Balaban J connectivity index is 2.33. The molecular formula is C87H172. The zero-order valence-electron chi connectivity index (χ0n) is 62.6. The highest BCUT2D eigenvalue weighted by atomic mass is 14.3. The predicted octanol–water partition coefficient (Wildman–Crippen LogP) is 32.3. The van der Waals surface area contributed by atoms with Crippen LogP contribution in [0.25, 0.3) is 0 Å². The third kappa shape index (κ3) is 50.2. The number of fused-ring (bicyclic) bond motifs is 7. The lowest BCUT2D eigenvalue weighted by Gasteiger charge is -2.25. The summed E-state index contributed by atoms with van der Waals surface area (Å²) in [7, 11) is 0. The molecule has 10 unspecified atom stereocenters. The molecule has 0 saturated heterocycles. The molecule has 87 heavy (non-hydrogen) atoms. The van der Waals surface area contributed by atoms with Crippen molar-refractivity contribution in [2.24, 2.45) is 59.2 Å². The lowest BCUT2D eigenvalue weighted by atomic mass is 9.81. The molecule has 2 aliphatic rings. The maximum absolute atomic E-state index is 2.57. The first-order valence-electron chi connectivity index (χ1n) is 42.9. The van der Waals surface area contributed by atoms with Crippen LogP contribution >= 0.6 is 0 Å². The molecule has 520 valence electrons. The van der Waals surface area contributed by atoms with Gasteiger partial charge in [0.2, 0.25) is 0 Å². The summed E-state index contributed by atoms with van der Waals surface area (Å²) >= 11 is 0. The fourth-order valence-electron chi connectivity index (χ4n) is 17.9. The topological polar surface area (TPSA) is 0 Å². The summed E-state index contributed by atoms with van der Waals surface area (Å²) in [6.07, 6.45) is 103. The largest absolute Gasteiger partial charge is 0.0654 e. The highest BCUT2D eigenvalue weighted by molar-refractivity contribution is 4.74. The predicted molar refractivity (Wildman–Crippen MR) is 399 cm³/mol. The average molecular weight is 1220 g/mol. The zero-order chi connectivity index (χ0) is 62.6. The van der Waals surface area contributed by atoms with Gasteiger partial charge in [0.15, 0.2) is 0 Å². The summed E-state index contributed by atoms with van der Waals surface area (Å²) in [6, 6.07) is 0. The van der Waals surface area contributed by atoms with Gasteiger partial charge in [-0.2, -0.15) is 0 Å². The highest BCUT2D eigenvalue weighted by Gasteiger charge is 2.21. The normalized spacial score (nSPS) is 29.1. The van der Waals surface area contributed by atoms with Crippen LogP contribution in [0, 0.1) is 59.2 Å². The van der Waals surface area contributed by atoms with Gasteiger partial charge in [-0.05, 0) is 59.2 Å². The summed E-state index contributed by atoms with van der Waals surface area (Å²) in [5, 5.41) is 0. The quantitative estimate of drug-likeness (QED) is 0.113. The van der Waals surface area contributed by atoms with E-state index in [-0.39, 0.29) is 0 Å². The lowest BCUT2D eigenvalue weighted by Crippen LogP contribution is -2.11. The van der Waals surface area contributed by atoms with Crippen LogP contribution in [0.4, 0.5) is 0 Å². The number of hydrogen-bond acceptors (Lipinski definition) is 0. The molecule has 2 fully saturated rings. The zero-order valence-corrected chi connectivity index (χ0v) is 62.6. The van der Waals surface area contributed by atoms with Crippen molar-refractivity contribution < 1.29 is 0 Å². The SMILES string of the molecule is CCCCCCCC1CCCCC(CCC)CCC(CC)CCCCCCCCCCCCCC(CC)CCCCCCC(CCCC)CCC2CCCCCCC(CCC(CC)CCC(CCC)CCCCCCCCCC(CCCC)CC2)CC1. The smallest absolute Gasteiger partial charge is 0.0414 e. The molecule has 10 atom stereocenters. The molecule has 0 heteroatoms. The minimum Gasteiger partial charge on any atom is -0.0654 e. The van der Waals surface area contributed by atoms with Gasteiger partial charge in [-0.15, -0.1) is 0 Å². The molecule has 0 N–H and O–H groups in total. The van der Waals surface area contributed by atoms with E-state index in [2.05, 4.69) is 55.4 Å². The molecule has 0 aromatic rings. The van der Waals surface area contributed by atoms with E-state index >= 15 is 0 Å². The van der Waals surface area contributed by atoms with Crippen LogP contribution in [-0.2, 0) is 0 Å². The van der Waals surface area contributed by atoms with Crippen LogP contribution in [0.15, 0.2) is 0 Å². The van der Waals surface area contributed by atoms with Crippen molar-refractivity contribution in [2.45, 2.75) is 498 Å². The van der Waals surface area contributed by atoms with E-state index in [9.17, 15) is 0 Å². The fourth-order valence-corrected chi connectivity index (χ4v) is 17.9. The van der Waals surface area contributed by atoms with Gasteiger partial charge in [0.05, 0.1) is 0 Å². The Labute approximate surface area is 554 Å². The number of unbranched alkanes of at least 4 members (excludes halogenated alkanes) is 6. The van der Waals surface area contributed by atoms with Crippen LogP contribution < -0.4 is 0 Å². The molecule has 2 saturated carbocycles. The second-order valence-electron chi connectivity index (χ2n) is 32.2. The first-order chi connectivity index (χ1) is 42.9. The first-order valence-corrected chi connectivity index (χ1v) is 42.9. The van der Waals surface area contributed by atoms with Gasteiger partial charge >= 0.3 is 0 Å². The molecule has 2 aliphatic carbocycles. The number of rotatable bonds is 19. The second kappa shape index (κ2) is 63.4. The summed E-state index contributed by atoms with van der Waals surface area (Å²) < 4.78 is 0. The highest BCUT2D eigenvalue weighted by Crippen LogP contribution is 2.36. The van der Waals surface area contributed by atoms with Gasteiger partial charge in [0.1, 0.15) is 0 Å². The van der Waals surface area contributed by atoms with Crippen LogP contribution in [0.2, 0.25) is 0 Å². The Morgan fingerprint density at radius 1 is 0.149 bits per heavy atom. The molecule has 0 amide bonds. The molecule has 0 aromatic heterocycles. The van der Waals surface area contributed by atoms with Crippen molar-refractivity contribution in [3.8, 4) is 0 Å². The Morgan fingerprint density at radius 3 is 0.667 bits per heavy atom. The molecule has 2 bridgehead atoms. The van der Waals surface area contributed by atoms with E-state index < -0.39 is 0 Å². The maximum atomic E-state index is 2.57. The molecule has 0 aromatic carbocycles. The molecule has 0 heterocycles. The molecule has 0 aliphatic heterocycles. The third-order valence-electron chi connectivity index (χ3n) is 24.5. The molecular weight excluding hydrogens is 1040 g/mol. The first kappa shape index (κ1) is 83.1. The van der Waals surface area contributed by atoms with E-state index in [4.69, 9.17) is 0 Å². The maximum Gasteiger partial charge on any atom is -0.0414 e. The van der Waals surface area contributed by atoms with Crippen LogP contribution in [0.3, 0.4) is 0 Å². The average Bonchev–Trinajstić information content (AvgIpc) is 3.59. The standard InChI is InChI=1S/C87H172/c1-9-17-20-31-43-61-85-65-50-49-64-82(52-13-5)69-66-79(15-7)57-41-33-28-25-23-21-22-24-27-32-40-55-78(14-6)56-42-36-37-46-60-84(54-19-11-3)73-76-87-63-48-39-38-47-62-86(77-74-85)71-68-80(16-8)67-70-81(51-12-4)58-44-34-29-26-30-35-45-59-83(72-75-87)53-18-10-2/h78-87H,9-77H2,1-8H3. The van der Waals surface area contributed by atoms with Crippen molar-refractivity contribution in [3.05, 3.63) is 0 Å². The molecule has 0 nitrogen and oxygen atoms in total. The van der Waals surface area contributed by atoms with E-state index in [0.717, 1.165) is 59.2 Å². The summed E-state index contributed by atoms with van der Waals surface area (Å²) in [6.45, 7) is 19.8. The van der Waals surface area contributed by atoms with Gasteiger partial charge in [-0.3, -0.25) is 0 Å². The van der Waals surface area contributed by atoms with E-state index in [1.54, 1.807) is 44.9 Å². The van der Waals surface area contributed by atoms with Crippen molar-refractivity contribution in [2.75, 3.05) is 0 Å². The van der Waals surface area contributed by atoms with E-state index in [0.29, 0.717) is 0 Å². The summed E-state index contributed by atoms with van der Waals surface area (Å²) in [5.74, 6) is 9.83. The van der Waals surface area contributed by atoms with Gasteiger partial charge in [0, 0.05) is 0 Å². The Bertz CT molecular complexity index is 1310. The van der Waals surface area contributed by atoms with Gasteiger partial charge in [0.25, 0.3) is 0 Å². The minimum atomic E-state index is 0.962. The third-order valence-corrected chi connectivity index (χ3v) is 24.5. The van der Waals surface area contributed by atoms with Gasteiger partial charge < -0.3 is 0 Å². The van der Waals surface area contributed by atoms with Crippen molar-refractivity contribution in [1.29, 1.82) is 0 Å². The summed E-state index contributed by atoms with van der Waals surface area (Å²) in [4.78, 5) is 0. The second-order valence-corrected chi connectivity index (χ2v) is 32.2. The minimum absolute atomic E-state index is 0.962. The molecule has 0 spiro atoms. The van der Waals surface area contributed by atoms with E-state index in [1.807, 2.05) is 0 Å². The van der Waals surface area contributed by atoms with Crippen LogP contribution in [0.5, 0.6) is 0 Å². The van der Waals surface area contributed by atoms with Crippen molar-refractivity contribution >= 4 is 0 Å². The van der Waals surface area contributed by atoms with Crippen molar-refractivity contribution in [3.63, 3.8) is 0 Å². The molecule has 2 rings (SSSR count). The lowest BCUT2D eigenvalue weighted by molar-refractivity contribution is 0.274. The molecule has 0 radical (unpaired) electrons.